The topological polar surface area (TPSA) is 58.2 Å². The number of amides is 2. The van der Waals surface area contributed by atoms with Crippen LogP contribution in [0.5, 0.6) is 0 Å². The van der Waals surface area contributed by atoms with E-state index in [0.29, 0.717) is 18.9 Å². The number of benzene rings is 2. The van der Waals surface area contributed by atoms with Gasteiger partial charge in [-0.25, -0.2) is 8.78 Å². The molecule has 6 heteroatoms. The van der Waals surface area contributed by atoms with E-state index in [2.05, 4.69) is 10.6 Å². The smallest absolute Gasteiger partial charge is 0.240 e. The van der Waals surface area contributed by atoms with Crippen LogP contribution in [0, 0.1) is 17.0 Å². The van der Waals surface area contributed by atoms with Gasteiger partial charge in [-0.15, -0.1) is 0 Å². The summed E-state index contributed by atoms with van der Waals surface area (Å²) in [5.74, 6) is -2.56. The molecule has 1 aliphatic carbocycles. The average Bonchev–Trinajstić information content (AvgIpc) is 3.40. The highest BCUT2D eigenvalue weighted by molar-refractivity contribution is 6.13. The van der Waals surface area contributed by atoms with Gasteiger partial charge in [-0.05, 0) is 37.5 Å². The molecule has 1 atom stereocenters. The zero-order valence-electron chi connectivity index (χ0n) is 13.7. The quantitative estimate of drug-likeness (QED) is 0.815. The molecule has 2 N–H and O–H groups in total. The summed E-state index contributed by atoms with van der Waals surface area (Å²) in [7, 11) is 0. The van der Waals surface area contributed by atoms with Crippen LogP contribution in [0.25, 0.3) is 0 Å². The second kappa shape index (κ2) is 6.63. The van der Waals surface area contributed by atoms with E-state index in [-0.39, 0.29) is 17.6 Å². The maximum atomic E-state index is 13.7. The van der Waals surface area contributed by atoms with Gasteiger partial charge in [-0.3, -0.25) is 9.59 Å². The van der Waals surface area contributed by atoms with Gasteiger partial charge >= 0.3 is 0 Å². The molecule has 0 aliphatic heterocycles. The first-order valence-corrected chi connectivity index (χ1v) is 8.05. The summed E-state index contributed by atoms with van der Waals surface area (Å²) in [5.41, 5.74) is -0.401. The van der Waals surface area contributed by atoms with Gasteiger partial charge in [-0.2, -0.15) is 0 Å². The summed E-state index contributed by atoms with van der Waals surface area (Å²) < 4.78 is 26.6. The van der Waals surface area contributed by atoms with Crippen molar-refractivity contribution in [1.82, 2.24) is 5.32 Å². The molecule has 4 nitrogen and oxygen atoms in total. The monoisotopic (exact) mass is 344 g/mol. The van der Waals surface area contributed by atoms with Crippen molar-refractivity contribution in [2.45, 2.75) is 25.8 Å². The largest absolute Gasteiger partial charge is 0.349 e. The first-order valence-electron chi connectivity index (χ1n) is 8.05. The van der Waals surface area contributed by atoms with Crippen molar-refractivity contribution in [2.24, 2.45) is 5.41 Å². The molecule has 1 aliphatic rings. The van der Waals surface area contributed by atoms with Crippen molar-refractivity contribution < 1.29 is 18.4 Å². The lowest BCUT2D eigenvalue weighted by Gasteiger charge is -2.20. The molecule has 1 unspecified atom stereocenters. The first-order chi connectivity index (χ1) is 11.9. The molecule has 0 saturated heterocycles. The molecule has 2 aromatic carbocycles. The molecular weight excluding hydrogens is 326 g/mol. The molecule has 0 heterocycles. The maximum absolute atomic E-state index is 13.7. The third-order valence-electron chi connectivity index (χ3n) is 4.45. The first kappa shape index (κ1) is 17.1. The molecule has 130 valence electrons. The third kappa shape index (κ3) is 3.52. The van der Waals surface area contributed by atoms with E-state index in [1.807, 2.05) is 37.3 Å². The number of halogens is 2. The molecule has 25 heavy (non-hydrogen) atoms. The van der Waals surface area contributed by atoms with Crippen molar-refractivity contribution in [2.75, 3.05) is 5.32 Å². The van der Waals surface area contributed by atoms with E-state index < -0.39 is 23.0 Å². The second-order valence-corrected chi connectivity index (χ2v) is 6.27. The number of carbonyl (C=O) groups is 2. The number of hydrogen-bond acceptors (Lipinski definition) is 2. The maximum Gasteiger partial charge on any atom is 0.240 e. The molecule has 2 amide bonds. The number of hydrogen-bond donors (Lipinski definition) is 2. The van der Waals surface area contributed by atoms with Gasteiger partial charge in [0.15, 0.2) is 0 Å². The van der Waals surface area contributed by atoms with Crippen LogP contribution in [0.15, 0.2) is 48.5 Å². The predicted octanol–water partition coefficient (Wildman–Crippen LogP) is 3.56. The van der Waals surface area contributed by atoms with Crippen LogP contribution in [-0.4, -0.2) is 11.8 Å². The highest BCUT2D eigenvalue weighted by atomic mass is 19.1. The van der Waals surface area contributed by atoms with Gasteiger partial charge in [-0.1, -0.05) is 30.3 Å². The summed E-state index contributed by atoms with van der Waals surface area (Å²) in [6, 6.07) is 12.0. The average molecular weight is 344 g/mol. The fourth-order valence-electron chi connectivity index (χ4n) is 2.67. The molecule has 1 fully saturated rings. The second-order valence-electron chi connectivity index (χ2n) is 6.27. The Morgan fingerprint density at radius 1 is 1.04 bits per heavy atom. The Hall–Kier alpha value is -2.76. The van der Waals surface area contributed by atoms with Crippen LogP contribution in [0.2, 0.25) is 0 Å². The van der Waals surface area contributed by atoms with E-state index in [1.165, 1.54) is 0 Å². The SMILES string of the molecule is CC(NC(=O)C1(C(=O)Nc2ccc(F)cc2F)CC1)c1ccccc1. The van der Waals surface area contributed by atoms with Crippen LogP contribution in [0.3, 0.4) is 0 Å². The Balaban J connectivity index is 1.68. The number of anilines is 1. The minimum atomic E-state index is -1.19. The van der Waals surface area contributed by atoms with Crippen molar-refractivity contribution in [3.8, 4) is 0 Å². The Morgan fingerprint density at radius 3 is 2.32 bits per heavy atom. The lowest BCUT2D eigenvalue weighted by Crippen LogP contribution is -2.41. The van der Waals surface area contributed by atoms with E-state index in [1.54, 1.807) is 0 Å². The minimum absolute atomic E-state index is 0.137. The Bertz CT molecular complexity index is 804. The molecule has 0 bridgehead atoms. The van der Waals surface area contributed by atoms with Gasteiger partial charge in [0, 0.05) is 6.07 Å². The Labute approximate surface area is 144 Å². The standard InChI is InChI=1S/C19H18F2N2O2/c1-12(13-5-3-2-4-6-13)22-17(24)19(9-10-19)18(25)23-16-8-7-14(20)11-15(16)21/h2-8,11-12H,9-10H2,1H3,(H,22,24)(H,23,25). The lowest BCUT2D eigenvalue weighted by atomic mass is 10.0. The minimum Gasteiger partial charge on any atom is -0.349 e. The zero-order chi connectivity index (χ0) is 18.0. The van der Waals surface area contributed by atoms with E-state index >= 15 is 0 Å². The van der Waals surface area contributed by atoms with E-state index in [9.17, 15) is 18.4 Å². The summed E-state index contributed by atoms with van der Waals surface area (Å²) in [6.07, 6.45) is 0.796. The predicted molar refractivity (Wildman–Crippen MR) is 89.7 cm³/mol. The molecule has 0 radical (unpaired) electrons. The normalized spacial score (nSPS) is 16.0. The fraction of sp³-hybridized carbons (Fsp3) is 0.263. The number of nitrogens with one attached hydrogen (secondary N) is 2. The third-order valence-corrected chi connectivity index (χ3v) is 4.45. The summed E-state index contributed by atoms with van der Waals surface area (Å²) in [6.45, 7) is 1.83. The number of rotatable bonds is 5. The molecule has 1 saturated carbocycles. The van der Waals surface area contributed by atoms with Crippen molar-refractivity contribution in [3.63, 3.8) is 0 Å². The van der Waals surface area contributed by atoms with Gasteiger partial charge in [0.1, 0.15) is 17.0 Å². The van der Waals surface area contributed by atoms with Crippen LogP contribution in [-0.2, 0) is 9.59 Å². The van der Waals surface area contributed by atoms with Gasteiger partial charge in [0.25, 0.3) is 0 Å². The number of carbonyl (C=O) groups excluding carboxylic acids is 2. The Kier molecular flexibility index (Phi) is 4.53. The van der Waals surface area contributed by atoms with Crippen molar-refractivity contribution >= 4 is 17.5 Å². The van der Waals surface area contributed by atoms with Crippen LogP contribution in [0.1, 0.15) is 31.4 Å². The van der Waals surface area contributed by atoms with Crippen LogP contribution >= 0.6 is 0 Å². The lowest BCUT2D eigenvalue weighted by molar-refractivity contribution is -0.134. The van der Waals surface area contributed by atoms with Crippen LogP contribution < -0.4 is 10.6 Å². The summed E-state index contributed by atoms with van der Waals surface area (Å²) >= 11 is 0. The van der Waals surface area contributed by atoms with Crippen molar-refractivity contribution in [3.05, 3.63) is 65.7 Å². The summed E-state index contributed by atoms with van der Waals surface area (Å²) in [4.78, 5) is 25.0. The molecule has 2 aromatic rings. The zero-order valence-corrected chi connectivity index (χ0v) is 13.7. The van der Waals surface area contributed by atoms with Crippen molar-refractivity contribution in [1.29, 1.82) is 0 Å². The van der Waals surface area contributed by atoms with Crippen LogP contribution in [0.4, 0.5) is 14.5 Å². The van der Waals surface area contributed by atoms with Gasteiger partial charge in [0.2, 0.25) is 11.8 Å². The molecule has 0 aromatic heterocycles. The van der Waals surface area contributed by atoms with Gasteiger partial charge in [0.05, 0.1) is 11.7 Å². The highest BCUT2D eigenvalue weighted by Crippen LogP contribution is 2.47. The molecular formula is C19H18F2N2O2. The van der Waals surface area contributed by atoms with E-state index in [4.69, 9.17) is 0 Å². The highest BCUT2D eigenvalue weighted by Gasteiger charge is 2.56. The van der Waals surface area contributed by atoms with Gasteiger partial charge < -0.3 is 10.6 Å². The molecule has 0 spiro atoms. The Morgan fingerprint density at radius 2 is 1.72 bits per heavy atom. The fourth-order valence-corrected chi connectivity index (χ4v) is 2.67. The molecule has 3 rings (SSSR count). The summed E-state index contributed by atoms with van der Waals surface area (Å²) in [5, 5.41) is 5.23. The van der Waals surface area contributed by atoms with E-state index in [0.717, 1.165) is 17.7 Å².